The molecule has 6 heteroatoms. The highest BCUT2D eigenvalue weighted by Gasteiger charge is 2.15. The molecule has 3 aromatic rings. The summed E-state index contributed by atoms with van der Waals surface area (Å²) in [7, 11) is 0. The van der Waals surface area contributed by atoms with Crippen molar-refractivity contribution in [3.05, 3.63) is 60.4 Å². The third-order valence-electron chi connectivity index (χ3n) is 2.81. The third kappa shape index (κ3) is 2.70. The topological polar surface area (TPSA) is 84.9 Å². The summed E-state index contributed by atoms with van der Waals surface area (Å²) in [5.41, 5.74) is 1.35. The van der Waals surface area contributed by atoms with Gasteiger partial charge >= 0.3 is 0 Å². The summed E-state index contributed by atoms with van der Waals surface area (Å²) >= 11 is 0. The van der Waals surface area contributed by atoms with Crippen molar-refractivity contribution < 1.29 is 9.63 Å². The Morgan fingerprint density at radius 2 is 2.00 bits per heavy atom. The highest BCUT2D eigenvalue weighted by Crippen LogP contribution is 2.18. The maximum Gasteiger partial charge on any atom is 0.229 e. The summed E-state index contributed by atoms with van der Waals surface area (Å²) in [6, 6.07) is 9.35. The Balaban J connectivity index is 1.75. The van der Waals surface area contributed by atoms with E-state index in [9.17, 15) is 5.11 Å². The zero-order valence-corrected chi connectivity index (χ0v) is 10.5. The average Bonchev–Trinajstić information content (AvgIpc) is 2.97. The first kappa shape index (κ1) is 12.4. The highest BCUT2D eigenvalue weighted by molar-refractivity contribution is 5.45. The van der Waals surface area contributed by atoms with E-state index in [-0.39, 0.29) is 6.42 Å². The molecular weight excluding hydrogens is 256 g/mol. The summed E-state index contributed by atoms with van der Waals surface area (Å²) in [5.74, 6) is 0.732. The second kappa shape index (κ2) is 5.58. The molecular formula is C14H12N4O2. The highest BCUT2D eigenvalue weighted by atomic mass is 16.5. The van der Waals surface area contributed by atoms with Crippen LogP contribution in [0.15, 0.2) is 53.4 Å². The lowest BCUT2D eigenvalue weighted by molar-refractivity contribution is 0.165. The normalized spacial score (nSPS) is 12.2. The Labute approximate surface area is 115 Å². The Bertz CT molecular complexity index is 670. The Hall–Kier alpha value is -2.60. The van der Waals surface area contributed by atoms with Gasteiger partial charge in [0.15, 0.2) is 0 Å². The van der Waals surface area contributed by atoms with E-state index in [2.05, 4.69) is 20.1 Å². The van der Waals surface area contributed by atoms with Crippen molar-refractivity contribution in [3.63, 3.8) is 0 Å². The van der Waals surface area contributed by atoms with E-state index in [0.29, 0.717) is 17.4 Å². The molecule has 0 spiro atoms. The second-order valence-electron chi connectivity index (χ2n) is 4.23. The van der Waals surface area contributed by atoms with Gasteiger partial charge in [-0.1, -0.05) is 35.5 Å². The van der Waals surface area contributed by atoms with Gasteiger partial charge < -0.3 is 9.63 Å². The molecule has 0 aliphatic carbocycles. The van der Waals surface area contributed by atoms with E-state index < -0.39 is 6.10 Å². The van der Waals surface area contributed by atoms with Crippen molar-refractivity contribution in [2.75, 3.05) is 0 Å². The molecule has 2 heterocycles. The number of nitrogens with zero attached hydrogens (tertiary/aromatic N) is 4. The lowest BCUT2D eigenvalue weighted by Gasteiger charge is -2.07. The van der Waals surface area contributed by atoms with Crippen LogP contribution in [0, 0.1) is 0 Å². The fourth-order valence-electron chi connectivity index (χ4n) is 1.81. The third-order valence-corrected chi connectivity index (χ3v) is 2.81. The molecule has 1 N–H and O–H groups in total. The standard InChI is InChI=1S/C14H12N4O2/c19-12(10-4-2-1-3-5-10)8-13-17-14(18-20-13)11-9-15-6-7-16-11/h1-7,9,12,19H,8H2. The zero-order valence-electron chi connectivity index (χ0n) is 10.5. The molecule has 0 radical (unpaired) electrons. The number of hydrogen-bond acceptors (Lipinski definition) is 6. The summed E-state index contributed by atoms with van der Waals surface area (Å²) in [4.78, 5) is 12.2. The first-order chi connectivity index (χ1) is 9.83. The van der Waals surface area contributed by atoms with Crippen LogP contribution in [0.5, 0.6) is 0 Å². The average molecular weight is 268 g/mol. The molecule has 3 rings (SSSR count). The van der Waals surface area contributed by atoms with Gasteiger partial charge in [-0.05, 0) is 5.56 Å². The van der Waals surface area contributed by atoms with E-state index in [1.54, 1.807) is 18.6 Å². The van der Waals surface area contributed by atoms with Crippen molar-refractivity contribution in [1.29, 1.82) is 0 Å². The summed E-state index contributed by atoms with van der Waals surface area (Å²) in [6.45, 7) is 0. The maximum absolute atomic E-state index is 10.1. The smallest absolute Gasteiger partial charge is 0.229 e. The van der Waals surface area contributed by atoms with Gasteiger partial charge in [0.25, 0.3) is 0 Å². The second-order valence-corrected chi connectivity index (χ2v) is 4.23. The van der Waals surface area contributed by atoms with Gasteiger partial charge in [-0.25, -0.2) is 4.98 Å². The summed E-state index contributed by atoms with van der Waals surface area (Å²) in [6.07, 6.45) is 4.28. The molecule has 0 bridgehead atoms. The predicted molar refractivity (Wildman–Crippen MR) is 70.4 cm³/mol. The molecule has 0 saturated carbocycles. The minimum Gasteiger partial charge on any atom is -0.388 e. The predicted octanol–water partition coefficient (Wildman–Crippen LogP) is 1.80. The van der Waals surface area contributed by atoms with Gasteiger partial charge in [-0.15, -0.1) is 0 Å². The molecule has 100 valence electrons. The van der Waals surface area contributed by atoms with Crippen LogP contribution in [0.1, 0.15) is 17.6 Å². The molecule has 20 heavy (non-hydrogen) atoms. The van der Waals surface area contributed by atoms with Crippen LogP contribution in [0.25, 0.3) is 11.5 Å². The van der Waals surface area contributed by atoms with Gasteiger partial charge in [-0.2, -0.15) is 4.98 Å². The Morgan fingerprint density at radius 3 is 2.75 bits per heavy atom. The van der Waals surface area contributed by atoms with E-state index in [1.807, 2.05) is 30.3 Å². The van der Waals surface area contributed by atoms with Crippen LogP contribution >= 0.6 is 0 Å². The molecule has 2 aromatic heterocycles. The molecule has 1 atom stereocenters. The van der Waals surface area contributed by atoms with Gasteiger partial charge in [-0.3, -0.25) is 4.98 Å². The van der Waals surface area contributed by atoms with Crippen LogP contribution in [0.4, 0.5) is 0 Å². The largest absolute Gasteiger partial charge is 0.388 e. The molecule has 0 aliphatic heterocycles. The van der Waals surface area contributed by atoms with Crippen molar-refractivity contribution in [2.45, 2.75) is 12.5 Å². The van der Waals surface area contributed by atoms with E-state index in [0.717, 1.165) is 5.56 Å². The number of hydrogen-bond donors (Lipinski definition) is 1. The van der Waals surface area contributed by atoms with E-state index in [4.69, 9.17) is 4.52 Å². The first-order valence-electron chi connectivity index (χ1n) is 6.15. The fraction of sp³-hybridized carbons (Fsp3) is 0.143. The van der Waals surface area contributed by atoms with Crippen LogP contribution in [-0.2, 0) is 6.42 Å². The quantitative estimate of drug-likeness (QED) is 0.776. The molecule has 0 saturated heterocycles. The molecule has 0 fully saturated rings. The van der Waals surface area contributed by atoms with Crippen molar-refractivity contribution >= 4 is 0 Å². The number of aliphatic hydroxyl groups is 1. The monoisotopic (exact) mass is 268 g/mol. The molecule has 0 amide bonds. The van der Waals surface area contributed by atoms with Gasteiger partial charge in [0.2, 0.25) is 11.7 Å². The Kier molecular flexibility index (Phi) is 3.47. The molecule has 6 nitrogen and oxygen atoms in total. The maximum atomic E-state index is 10.1. The molecule has 1 unspecified atom stereocenters. The number of benzene rings is 1. The summed E-state index contributed by atoms with van der Waals surface area (Å²) in [5, 5.41) is 13.9. The van der Waals surface area contributed by atoms with Crippen LogP contribution in [0.2, 0.25) is 0 Å². The van der Waals surface area contributed by atoms with Crippen molar-refractivity contribution in [3.8, 4) is 11.5 Å². The first-order valence-corrected chi connectivity index (χ1v) is 6.15. The molecule has 1 aromatic carbocycles. The lowest BCUT2D eigenvalue weighted by atomic mass is 10.1. The zero-order chi connectivity index (χ0) is 13.8. The lowest BCUT2D eigenvalue weighted by Crippen LogP contribution is -2.01. The summed E-state index contributed by atoms with van der Waals surface area (Å²) < 4.78 is 5.12. The minimum atomic E-state index is -0.675. The van der Waals surface area contributed by atoms with Crippen LogP contribution < -0.4 is 0 Å². The van der Waals surface area contributed by atoms with E-state index in [1.165, 1.54) is 0 Å². The number of rotatable bonds is 4. The SMILES string of the molecule is OC(Cc1nc(-c2cnccn2)no1)c1ccccc1. The van der Waals surface area contributed by atoms with Crippen LogP contribution in [0.3, 0.4) is 0 Å². The number of aliphatic hydroxyl groups excluding tert-OH is 1. The minimum absolute atomic E-state index is 0.261. The Morgan fingerprint density at radius 1 is 1.15 bits per heavy atom. The number of aromatic nitrogens is 4. The van der Waals surface area contributed by atoms with Gasteiger partial charge in [0.05, 0.1) is 18.7 Å². The van der Waals surface area contributed by atoms with Gasteiger partial charge in [0.1, 0.15) is 5.69 Å². The van der Waals surface area contributed by atoms with Crippen molar-refractivity contribution in [2.24, 2.45) is 0 Å². The fourth-order valence-corrected chi connectivity index (χ4v) is 1.81. The van der Waals surface area contributed by atoms with E-state index >= 15 is 0 Å². The van der Waals surface area contributed by atoms with Crippen molar-refractivity contribution in [1.82, 2.24) is 20.1 Å². The molecule has 0 aliphatic rings. The van der Waals surface area contributed by atoms with Crippen LogP contribution in [-0.4, -0.2) is 25.2 Å². The van der Waals surface area contributed by atoms with Gasteiger partial charge in [0, 0.05) is 12.4 Å².